The van der Waals surface area contributed by atoms with Crippen molar-refractivity contribution in [1.82, 2.24) is 29.3 Å². The molecule has 0 bridgehead atoms. The Balaban J connectivity index is 0.000000585. The van der Waals surface area contributed by atoms with E-state index < -0.39 is 17.6 Å². The highest BCUT2D eigenvalue weighted by molar-refractivity contribution is 6.27. The van der Waals surface area contributed by atoms with Crippen LogP contribution in [0.25, 0.3) is 11.2 Å². The van der Waals surface area contributed by atoms with Crippen LogP contribution in [0.4, 0.5) is 0 Å². The number of aromatic nitrogens is 4. The van der Waals surface area contributed by atoms with Crippen LogP contribution in [0.1, 0.15) is 29.9 Å². The Morgan fingerprint density at radius 2 is 1.54 bits per heavy atom. The summed E-state index contributed by atoms with van der Waals surface area (Å²) in [4.78, 5) is 51.7. The van der Waals surface area contributed by atoms with Crippen LogP contribution >= 0.6 is 0 Å². The highest BCUT2D eigenvalue weighted by Gasteiger charge is 2.31. The van der Waals surface area contributed by atoms with Gasteiger partial charge in [-0.2, -0.15) is 0 Å². The molecule has 2 aromatic heterocycles. The van der Waals surface area contributed by atoms with Gasteiger partial charge in [-0.1, -0.05) is 60.7 Å². The number of aryl methyl sites for hydroxylation is 2. The summed E-state index contributed by atoms with van der Waals surface area (Å²) >= 11 is 0. The van der Waals surface area contributed by atoms with E-state index >= 15 is 0 Å². The van der Waals surface area contributed by atoms with Gasteiger partial charge in [-0.15, -0.1) is 0 Å². The second-order valence-electron chi connectivity index (χ2n) is 9.85. The number of aromatic amines is 1. The van der Waals surface area contributed by atoms with E-state index in [9.17, 15) is 9.59 Å². The molecule has 0 saturated carbocycles. The molecular weight excluding hydrogens is 528 g/mol. The Kier molecular flexibility index (Phi) is 9.82. The number of nitrogens with one attached hydrogen (secondary N) is 2. The molecular formula is C29H34N6O6. The van der Waals surface area contributed by atoms with Crippen LogP contribution in [0, 0.1) is 0 Å². The molecule has 1 fully saturated rings. The van der Waals surface area contributed by atoms with Gasteiger partial charge in [-0.05, 0) is 30.5 Å². The Morgan fingerprint density at radius 3 is 2.12 bits per heavy atom. The van der Waals surface area contributed by atoms with Crippen molar-refractivity contribution in [3.63, 3.8) is 0 Å². The van der Waals surface area contributed by atoms with Crippen molar-refractivity contribution in [2.75, 3.05) is 26.2 Å². The van der Waals surface area contributed by atoms with E-state index in [4.69, 9.17) is 19.8 Å². The molecule has 1 aliphatic rings. The van der Waals surface area contributed by atoms with Gasteiger partial charge in [0.25, 0.3) is 5.56 Å². The molecule has 1 atom stereocenters. The molecule has 0 radical (unpaired) electrons. The maximum absolute atomic E-state index is 12.4. The van der Waals surface area contributed by atoms with Gasteiger partial charge in [0.05, 0.1) is 6.33 Å². The van der Waals surface area contributed by atoms with Crippen molar-refractivity contribution >= 4 is 23.1 Å². The lowest BCUT2D eigenvalue weighted by molar-refractivity contribution is -0.159. The van der Waals surface area contributed by atoms with Crippen molar-refractivity contribution in [3.8, 4) is 0 Å². The highest BCUT2D eigenvalue weighted by atomic mass is 16.4. The third-order valence-corrected chi connectivity index (χ3v) is 7.25. The number of imidazole rings is 1. The molecule has 3 heterocycles. The number of hydrogen-bond donors (Lipinski definition) is 4. The summed E-state index contributed by atoms with van der Waals surface area (Å²) in [7, 11) is 1.62. The summed E-state index contributed by atoms with van der Waals surface area (Å²) in [5, 5.41) is 18.4. The highest BCUT2D eigenvalue weighted by Crippen LogP contribution is 2.31. The number of benzene rings is 2. The second kappa shape index (κ2) is 13.7. The van der Waals surface area contributed by atoms with Gasteiger partial charge in [-0.25, -0.2) is 19.4 Å². The van der Waals surface area contributed by atoms with E-state index in [1.165, 1.54) is 15.7 Å². The summed E-state index contributed by atoms with van der Waals surface area (Å²) < 4.78 is 3.24. The molecule has 5 rings (SSSR count). The largest absolute Gasteiger partial charge is 0.473 e. The monoisotopic (exact) mass is 562 g/mol. The predicted octanol–water partition coefficient (Wildman–Crippen LogP) is 1.47. The number of hydrogen-bond acceptors (Lipinski definition) is 7. The van der Waals surface area contributed by atoms with Crippen molar-refractivity contribution in [3.05, 3.63) is 99.0 Å². The smallest absolute Gasteiger partial charge is 0.414 e. The number of carboxylic acid groups (broad SMARTS) is 2. The number of carbonyl (C=O) groups is 2. The molecule has 4 aromatic rings. The van der Waals surface area contributed by atoms with Crippen molar-refractivity contribution in [2.45, 2.75) is 31.3 Å². The summed E-state index contributed by atoms with van der Waals surface area (Å²) in [5.74, 6) is -3.35. The first kappa shape index (κ1) is 29.4. The van der Waals surface area contributed by atoms with E-state index in [2.05, 4.69) is 80.8 Å². The third kappa shape index (κ3) is 7.16. The quantitative estimate of drug-likeness (QED) is 0.184. The number of H-pyrrole nitrogens is 1. The maximum atomic E-state index is 12.4. The van der Waals surface area contributed by atoms with Crippen molar-refractivity contribution in [2.24, 2.45) is 7.05 Å². The maximum Gasteiger partial charge on any atom is 0.414 e. The van der Waals surface area contributed by atoms with Gasteiger partial charge in [0.2, 0.25) is 0 Å². The van der Waals surface area contributed by atoms with Gasteiger partial charge in [0.1, 0.15) is 0 Å². The summed E-state index contributed by atoms with van der Waals surface area (Å²) in [6.45, 7) is 4.63. The molecule has 2 aromatic carbocycles. The van der Waals surface area contributed by atoms with E-state index in [0.717, 1.165) is 39.0 Å². The third-order valence-electron chi connectivity index (χ3n) is 7.25. The van der Waals surface area contributed by atoms with Crippen LogP contribution in [0.3, 0.4) is 0 Å². The van der Waals surface area contributed by atoms with Crippen LogP contribution in [0.2, 0.25) is 0 Å². The van der Waals surface area contributed by atoms with Gasteiger partial charge in [-0.3, -0.25) is 19.2 Å². The Hall–Kier alpha value is -4.55. The standard InChI is InChI=1S/C27H32N6O2.C2H2O4/c1-31-25-24(26(34)30-27(31)35)33(19-29-25)16-9-8-15-32-17-14-28-18-22(32)23(20-10-4-2-5-11-20)21-12-6-3-7-13-21;3-1(4)2(5)6/h2-7,10-13,19,22-23,28H,8-9,14-18H2,1H3,(H,30,34,35);(H,3,4)(H,5,6). The van der Waals surface area contributed by atoms with Gasteiger partial charge in [0.15, 0.2) is 11.2 Å². The van der Waals surface area contributed by atoms with E-state index in [1.54, 1.807) is 13.4 Å². The molecule has 0 spiro atoms. The van der Waals surface area contributed by atoms with Gasteiger partial charge < -0.3 is 20.1 Å². The number of nitrogens with zero attached hydrogens (tertiary/aromatic N) is 4. The van der Waals surface area contributed by atoms with Crippen molar-refractivity contribution < 1.29 is 19.8 Å². The molecule has 0 aliphatic carbocycles. The number of fused-ring (bicyclic) bond motifs is 1. The molecule has 12 nitrogen and oxygen atoms in total. The summed E-state index contributed by atoms with van der Waals surface area (Å²) in [5.41, 5.74) is 2.74. The normalized spacial score (nSPS) is 15.4. The number of carboxylic acids is 2. The lowest BCUT2D eigenvalue weighted by Gasteiger charge is -2.41. The topological polar surface area (TPSA) is 163 Å². The molecule has 1 aliphatic heterocycles. The first-order valence-corrected chi connectivity index (χ1v) is 13.4. The average Bonchev–Trinajstić information content (AvgIpc) is 3.41. The molecule has 4 N–H and O–H groups in total. The van der Waals surface area contributed by atoms with Crippen LogP contribution in [-0.4, -0.2) is 78.4 Å². The summed E-state index contributed by atoms with van der Waals surface area (Å²) in [6, 6.07) is 21.9. The Bertz CT molecular complexity index is 1530. The molecule has 12 heteroatoms. The van der Waals surface area contributed by atoms with Crippen LogP contribution < -0.4 is 16.6 Å². The zero-order valence-corrected chi connectivity index (χ0v) is 22.8. The predicted molar refractivity (Wildman–Crippen MR) is 153 cm³/mol. The molecule has 1 saturated heterocycles. The van der Waals surface area contributed by atoms with Crippen molar-refractivity contribution in [1.29, 1.82) is 0 Å². The van der Waals surface area contributed by atoms with E-state index in [1.807, 2.05) is 4.57 Å². The number of aliphatic carboxylic acids is 2. The molecule has 216 valence electrons. The fourth-order valence-electron chi connectivity index (χ4n) is 5.28. The second-order valence-corrected chi connectivity index (χ2v) is 9.85. The SMILES string of the molecule is Cn1c(=O)[nH]c(=O)c2c1ncn2CCCCN1CCNCC1C(c1ccccc1)c1ccccc1.O=C(O)C(=O)O. The number of rotatable bonds is 8. The van der Waals surface area contributed by atoms with E-state index in [-0.39, 0.29) is 5.56 Å². The first-order chi connectivity index (χ1) is 19.8. The lowest BCUT2D eigenvalue weighted by atomic mass is 9.83. The minimum Gasteiger partial charge on any atom is -0.473 e. The zero-order valence-electron chi connectivity index (χ0n) is 22.8. The number of unbranched alkanes of at least 4 members (excludes halogenated alkanes) is 1. The van der Waals surface area contributed by atoms with Crippen LogP contribution in [0.5, 0.6) is 0 Å². The minimum absolute atomic E-state index is 0.294. The molecule has 0 amide bonds. The average molecular weight is 563 g/mol. The first-order valence-electron chi connectivity index (χ1n) is 13.4. The van der Waals surface area contributed by atoms with Gasteiger partial charge >= 0.3 is 17.6 Å². The van der Waals surface area contributed by atoms with E-state index in [0.29, 0.717) is 29.7 Å². The fourth-order valence-corrected chi connectivity index (χ4v) is 5.28. The zero-order chi connectivity index (χ0) is 29.4. The Labute approximate surface area is 235 Å². The number of piperazine rings is 1. The van der Waals surface area contributed by atoms with Crippen LogP contribution in [0.15, 0.2) is 76.6 Å². The minimum atomic E-state index is -1.82. The van der Waals surface area contributed by atoms with Crippen LogP contribution in [-0.2, 0) is 23.2 Å². The molecule has 41 heavy (non-hydrogen) atoms. The molecule has 1 unspecified atom stereocenters. The Morgan fingerprint density at radius 1 is 0.951 bits per heavy atom. The van der Waals surface area contributed by atoms with Gasteiger partial charge in [0, 0.05) is 45.2 Å². The fraction of sp³-hybridized carbons (Fsp3) is 0.345. The lowest BCUT2D eigenvalue weighted by Crippen LogP contribution is -2.54. The summed E-state index contributed by atoms with van der Waals surface area (Å²) in [6.07, 6.45) is 3.59.